The van der Waals surface area contributed by atoms with Crippen LogP contribution in [-0.2, 0) is 11.4 Å². The Bertz CT molecular complexity index is 932. The Morgan fingerprint density at radius 1 is 1.21 bits per heavy atom. The Hall–Kier alpha value is -2.12. The minimum atomic E-state index is -0.335. The van der Waals surface area contributed by atoms with Crippen LogP contribution in [0.3, 0.4) is 0 Å². The van der Waals surface area contributed by atoms with Gasteiger partial charge in [0.2, 0.25) is 0 Å². The van der Waals surface area contributed by atoms with Gasteiger partial charge in [-0.05, 0) is 48.5 Å². The number of hydrogen-bond acceptors (Lipinski definition) is 4. The van der Waals surface area contributed by atoms with Crippen molar-refractivity contribution in [3.8, 4) is 5.75 Å². The highest BCUT2D eigenvalue weighted by molar-refractivity contribution is 9.10. The highest BCUT2D eigenvalue weighted by Crippen LogP contribution is 2.35. The second-order valence-electron chi connectivity index (χ2n) is 6.25. The van der Waals surface area contributed by atoms with E-state index in [1.165, 1.54) is 11.0 Å². The molecule has 0 unspecified atom stereocenters. The number of carbonyl (C=O) groups excluding carboxylic acids is 2. The van der Waals surface area contributed by atoms with Gasteiger partial charge in [0.1, 0.15) is 18.2 Å². The van der Waals surface area contributed by atoms with Gasteiger partial charge in [0, 0.05) is 22.1 Å². The van der Waals surface area contributed by atoms with Crippen LogP contribution < -0.4 is 4.74 Å². The van der Waals surface area contributed by atoms with Gasteiger partial charge in [-0.3, -0.25) is 14.5 Å². The van der Waals surface area contributed by atoms with Crippen LogP contribution in [0, 0.1) is 5.82 Å². The number of imide groups is 1. The molecular formula is C21H19BrFNO3S. The molecule has 2 amide bonds. The molecule has 0 aromatic heterocycles. The van der Waals surface area contributed by atoms with E-state index < -0.39 is 0 Å². The van der Waals surface area contributed by atoms with E-state index in [1.807, 2.05) is 6.92 Å². The molecule has 1 aliphatic rings. The van der Waals surface area contributed by atoms with Gasteiger partial charge in [-0.25, -0.2) is 4.39 Å². The number of rotatable bonds is 7. The Kier molecular flexibility index (Phi) is 6.91. The molecule has 4 nitrogen and oxygen atoms in total. The van der Waals surface area contributed by atoms with Crippen LogP contribution in [0.25, 0.3) is 6.08 Å². The average Bonchev–Trinajstić information content (AvgIpc) is 2.93. The van der Waals surface area contributed by atoms with Crippen molar-refractivity contribution in [3.63, 3.8) is 0 Å². The topological polar surface area (TPSA) is 46.6 Å². The number of thioether (sulfide) groups is 1. The summed E-state index contributed by atoms with van der Waals surface area (Å²) in [6.45, 7) is 2.50. The van der Waals surface area contributed by atoms with Gasteiger partial charge in [0.25, 0.3) is 11.1 Å². The summed E-state index contributed by atoms with van der Waals surface area (Å²) in [7, 11) is 0. The maximum atomic E-state index is 13.8. The van der Waals surface area contributed by atoms with Crippen molar-refractivity contribution in [1.29, 1.82) is 0 Å². The van der Waals surface area contributed by atoms with Crippen molar-refractivity contribution in [2.24, 2.45) is 0 Å². The monoisotopic (exact) mass is 463 g/mol. The summed E-state index contributed by atoms with van der Waals surface area (Å²) >= 11 is 4.34. The second kappa shape index (κ2) is 9.39. The minimum absolute atomic E-state index is 0.0626. The Labute approximate surface area is 175 Å². The molecule has 1 heterocycles. The first-order chi connectivity index (χ1) is 13.5. The van der Waals surface area contributed by atoms with Crippen molar-refractivity contribution in [3.05, 3.63) is 68.8 Å². The molecule has 7 heteroatoms. The molecule has 0 saturated carbocycles. The number of carbonyl (C=O) groups is 2. The smallest absolute Gasteiger partial charge is 0.293 e. The van der Waals surface area contributed by atoms with Crippen molar-refractivity contribution >= 4 is 44.9 Å². The first-order valence-corrected chi connectivity index (χ1v) is 10.5. The summed E-state index contributed by atoms with van der Waals surface area (Å²) < 4.78 is 20.4. The predicted octanol–water partition coefficient (Wildman–Crippen LogP) is 6.00. The lowest BCUT2D eigenvalue weighted by Crippen LogP contribution is -2.29. The third-order valence-electron chi connectivity index (χ3n) is 4.21. The van der Waals surface area contributed by atoms with E-state index in [4.69, 9.17) is 4.74 Å². The molecule has 0 spiro atoms. The first kappa shape index (κ1) is 20.6. The largest absolute Gasteiger partial charge is 0.488 e. The van der Waals surface area contributed by atoms with Gasteiger partial charge in [0.05, 0.1) is 4.91 Å². The van der Waals surface area contributed by atoms with Gasteiger partial charge >= 0.3 is 0 Å². The molecule has 0 bridgehead atoms. The third-order valence-corrected chi connectivity index (χ3v) is 5.61. The molecule has 2 aromatic carbocycles. The van der Waals surface area contributed by atoms with Gasteiger partial charge in [-0.2, -0.15) is 0 Å². The van der Waals surface area contributed by atoms with Crippen molar-refractivity contribution in [1.82, 2.24) is 4.90 Å². The van der Waals surface area contributed by atoms with Crippen LogP contribution >= 0.6 is 27.7 Å². The Morgan fingerprint density at radius 3 is 2.75 bits per heavy atom. The standard InChI is InChI=1S/C21H19BrFNO3S/c1-2-3-10-24-20(25)19(28-21(24)26)12-15-11-16(22)8-9-18(15)27-13-14-6-4-5-7-17(14)23/h4-9,11-12H,2-3,10,13H2,1H3/b19-12-. The number of hydrogen-bond donors (Lipinski definition) is 0. The summed E-state index contributed by atoms with van der Waals surface area (Å²) in [5.41, 5.74) is 1.09. The summed E-state index contributed by atoms with van der Waals surface area (Å²) in [6, 6.07) is 11.8. The fourth-order valence-corrected chi connectivity index (χ4v) is 3.92. The van der Waals surface area contributed by atoms with Crippen molar-refractivity contribution in [2.75, 3.05) is 6.54 Å². The SMILES string of the molecule is CCCCN1C(=O)S/C(=C\c2cc(Br)ccc2OCc2ccccc2F)C1=O. The zero-order chi connectivity index (χ0) is 20.1. The molecule has 3 rings (SSSR count). The number of halogens is 2. The highest BCUT2D eigenvalue weighted by Gasteiger charge is 2.34. The van der Waals surface area contributed by atoms with Crippen LogP contribution in [-0.4, -0.2) is 22.6 Å². The lowest BCUT2D eigenvalue weighted by molar-refractivity contribution is -0.122. The Morgan fingerprint density at radius 2 is 2.00 bits per heavy atom. The lowest BCUT2D eigenvalue weighted by Gasteiger charge is -2.12. The van der Waals surface area contributed by atoms with Gasteiger partial charge in [-0.15, -0.1) is 0 Å². The molecule has 1 saturated heterocycles. The normalized spacial score (nSPS) is 15.5. The lowest BCUT2D eigenvalue weighted by atomic mass is 10.1. The fourth-order valence-electron chi connectivity index (χ4n) is 2.68. The maximum absolute atomic E-state index is 13.8. The molecule has 0 radical (unpaired) electrons. The Balaban J connectivity index is 1.83. The van der Waals surface area contributed by atoms with E-state index in [2.05, 4.69) is 15.9 Å². The second-order valence-corrected chi connectivity index (χ2v) is 8.16. The number of unbranched alkanes of at least 4 members (excludes halogenated alkanes) is 1. The molecule has 1 fully saturated rings. The van der Waals surface area contributed by atoms with Crippen molar-refractivity contribution in [2.45, 2.75) is 26.4 Å². The molecule has 146 valence electrons. The summed E-state index contributed by atoms with van der Waals surface area (Å²) in [4.78, 5) is 26.3. The highest BCUT2D eigenvalue weighted by atomic mass is 79.9. The van der Waals surface area contributed by atoms with Crippen LogP contribution in [0.5, 0.6) is 5.75 Å². The molecule has 2 aromatic rings. The van der Waals surface area contributed by atoms with Crippen LogP contribution in [0.2, 0.25) is 0 Å². The first-order valence-electron chi connectivity index (χ1n) is 8.90. The van der Waals surface area contributed by atoms with E-state index in [1.54, 1.807) is 42.5 Å². The van der Waals surface area contributed by atoms with Gasteiger partial charge < -0.3 is 4.74 Å². The third kappa shape index (κ3) is 4.83. The van der Waals surface area contributed by atoms with Crippen molar-refractivity contribution < 1.29 is 18.7 Å². The number of amides is 2. The zero-order valence-electron chi connectivity index (χ0n) is 15.3. The molecule has 0 aliphatic carbocycles. The fraction of sp³-hybridized carbons (Fsp3) is 0.238. The molecule has 0 atom stereocenters. The van der Waals surface area contributed by atoms with E-state index in [-0.39, 0.29) is 23.6 Å². The van der Waals surface area contributed by atoms with Crippen LogP contribution in [0.4, 0.5) is 9.18 Å². The summed E-state index contributed by atoms with van der Waals surface area (Å²) in [5.74, 6) is -0.117. The summed E-state index contributed by atoms with van der Waals surface area (Å²) in [5, 5.41) is -0.256. The van der Waals surface area contributed by atoms with E-state index >= 15 is 0 Å². The number of ether oxygens (including phenoxy) is 1. The maximum Gasteiger partial charge on any atom is 0.293 e. The quantitative estimate of drug-likeness (QED) is 0.472. The number of benzene rings is 2. The van der Waals surface area contributed by atoms with Gasteiger partial charge in [-0.1, -0.05) is 47.5 Å². The summed E-state index contributed by atoms with van der Waals surface area (Å²) in [6.07, 6.45) is 3.33. The minimum Gasteiger partial charge on any atom is -0.488 e. The van der Waals surface area contributed by atoms with Gasteiger partial charge in [0.15, 0.2) is 0 Å². The molecule has 0 N–H and O–H groups in total. The average molecular weight is 464 g/mol. The number of nitrogens with zero attached hydrogens (tertiary/aromatic N) is 1. The van der Waals surface area contributed by atoms with Crippen LogP contribution in [0.1, 0.15) is 30.9 Å². The predicted molar refractivity (Wildman–Crippen MR) is 112 cm³/mol. The van der Waals surface area contributed by atoms with E-state index in [0.29, 0.717) is 28.3 Å². The van der Waals surface area contributed by atoms with E-state index in [9.17, 15) is 14.0 Å². The van der Waals surface area contributed by atoms with Crippen LogP contribution in [0.15, 0.2) is 51.8 Å². The zero-order valence-corrected chi connectivity index (χ0v) is 17.7. The molecular weight excluding hydrogens is 445 g/mol. The molecule has 1 aliphatic heterocycles. The molecule has 28 heavy (non-hydrogen) atoms. The van der Waals surface area contributed by atoms with E-state index in [0.717, 1.165) is 29.1 Å².